The maximum Gasteiger partial charge on any atom is 0.269 e. The Morgan fingerprint density at radius 3 is 2.81 bits per heavy atom. The van der Waals surface area contributed by atoms with Gasteiger partial charge in [0.05, 0.1) is 0 Å². The highest BCUT2D eigenvalue weighted by Crippen LogP contribution is 2.28. The quantitative estimate of drug-likeness (QED) is 0.245. The first-order valence-corrected chi connectivity index (χ1v) is 7.43. The smallest absolute Gasteiger partial charge is 0.269 e. The standard InChI is InChI=1S/C15H22N4O2/c16-14(19-21)12-7-8-13(18-10-12)15(20)17-9-3-6-11-4-1-2-5-11/h7-8,10-11,21H,1-6,9H2,(H2,16,19)(H,17,20). The molecule has 114 valence electrons. The maximum absolute atomic E-state index is 11.9. The fraction of sp³-hybridized carbons (Fsp3) is 0.533. The lowest BCUT2D eigenvalue weighted by atomic mass is 10.0. The van der Waals surface area contributed by atoms with Gasteiger partial charge < -0.3 is 16.3 Å². The van der Waals surface area contributed by atoms with Crippen molar-refractivity contribution < 1.29 is 10.0 Å². The van der Waals surface area contributed by atoms with E-state index in [0.717, 1.165) is 12.3 Å². The lowest BCUT2D eigenvalue weighted by molar-refractivity contribution is 0.0947. The molecule has 21 heavy (non-hydrogen) atoms. The van der Waals surface area contributed by atoms with Crippen molar-refractivity contribution in [1.29, 1.82) is 0 Å². The van der Waals surface area contributed by atoms with Gasteiger partial charge in [0.1, 0.15) is 5.69 Å². The molecular formula is C15H22N4O2. The van der Waals surface area contributed by atoms with E-state index in [1.165, 1.54) is 38.3 Å². The number of pyridine rings is 1. The highest BCUT2D eigenvalue weighted by atomic mass is 16.4. The van der Waals surface area contributed by atoms with Gasteiger partial charge in [0.25, 0.3) is 5.91 Å². The minimum Gasteiger partial charge on any atom is -0.409 e. The first-order chi connectivity index (χ1) is 10.2. The molecule has 1 aliphatic carbocycles. The molecule has 1 saturated carbocycles. The fourth-order valence-corrected chi connectivity index (χ4v) is 2.72. The van der Waals surface area contributed by atoms with Crippen LogP contribution in [0.3, 0.4) is 0 Å². The van der Waals surface area contributed by atoms with Crippen LogP contribution >= 0.6 is 0 Å². The normalized spacial score (nSPS) is 16.1. The van der Waals surface area contributed by atoms with Crippen LogP contribution in [0.1, 0.15) is 54.6 Å². The number of nitrogens with one attached hydrogen (secondary N) is 1. The van der Waals surface area contributed by atoms with E-state index >= 15 is 0 Å². The zero-order valence-corrected chi connectivity index (χ0v) is 12.1. The predicted molar refractivity (Wildman–Crippen MR) is 80.3 cm³/mol. The minimum atomic E-state index is -0.188. The largest absolute Gasteiger partial charge is 0.409 e. The number of amidine groups is 1. The number of nitrogens with two attached hydrogens (primary N) is 1. The van der Waals surface area contributed by atoms with Gasteiger partial charge in [-0.05, 0) is 30.9 Å². The van der Waals surface area contributed by atoms with Crippen LogP contribution in [0.2, 0.25) is 0 Å². The SMILES string of the molecule is N/C(=N/O)c1ccc(C(=O)NCCCC2CCCC2)nc1. The minimum absolute atomic E-state index is 0.0222. The molecule has 1 fully saturated rings. The van der Waals surface area contributed by atoms with Gasteiger partial charge in [0.15, 0.2) is 5.84 Å². The molecule has 1 heterocycles. The van der Waals surface area contributed by atoms with E-state index in [1.807, 2.05) is 0 Å². The van der Waals surface area contributed by atoms with Crippen LogP contribution in [-0.4, -0.2) is 28.5 Å². The Kier molecular flexibility index (Phi) is 5.54. The van der Waals surface area contributed by atoms with Crippen molar-refractivity contribution in [3.8, 4) is 0 Å². The second kappa shape index (κ2) is 7.61. The Labute approximate surface area is 124 Å². The molecule has 1 aromatic rings. The average molecular weight is 290 g/mol. The highest BCUT2D eigenvalue weighted by Gasteiger charge is 2.14. The summed E-state index contributed by atoms with van der Waals surface area (Å²) in [6, 6.07) is 3.18. The molecule has 0 saturated heterocycles. The molecule has 4 N–H and O–H groups in total. The van der Waals surface area contributed by atoms with Crippen LogP contribution in [0.4, 0.5) is 0 Å². The highest BCUT2D eigenvalue weighted by molar-refractivity contribution is 5.98. The monoisotopic (exact) mass is 290 g/mol. The van der Waals surface area contributed by atoms with Crippen LogP contribution in [-0.2, 0) is 0 Å². The van der Waals surface area contributed by atoms with Gasteiger partial charge in [-0.1, -0.05) is 30.8 Å². The fourth-order valence-electron chi connectivity index (χ4n) is 2.72. The Bertz CT molecular complexity index is 493. The molecule has 0 atom stereocenters. The number of oxime groups is 1. The number of hydrogen-bond donors (Lipinski definition) is 3. The van der Waals surface area contributed by atoms with Gasteiger partial charge in [-0.25, -0.2) is 0 Å². The number of nitrogens with zero attached hydrogens (tertiary/aromatic N) is 2. The molecule has 0 bridgehead atoms. The maximum atomic E-state index is 11.9. The summed E-state index contributed by atoms with van der Waals surface area (Å²) in [5, 5.41) is 14.3. The molecule has 1 aliphatic rings. The van der Waals surface area contributed by atoms with E-state index in [9.17, 15) is 4.79 Å². The van der Waals surface area contributed by atoms with Crippen molar-refractivity contribution in [3.63, 3.8) is 0 Å². The predicted octanol–water partition coefficient (Wildman–Crippen LogP) is 1.88. The summed E-state index contributed by atoms with van der Waals surface area (Å²) in [4.78, 5) is 15.9. The van der Waals surface area contributed by atoms with E-state index in [0.29, 0.717) is 17.8 Å². The molecule has 0 unspecified atom stereocenters. The van der Waals surface area contributed by atoms with Gasteiger partial charge in [-0.3, -0.25) is 9.78 Å². The van der Waals surface area contributed by atoms with Crippen LogP contribution in [0, 0.1) is 5.92 Å². The topological polar surface area (TPSA) is 101 Å². The van der Waals surface area contributed by atoms with Crippen LogP contribution in [0.15, 0.2) is 23.5 Å². The Balaban J connectivity index is 1.74. The lowest BCUT2D eigenvalue weighted by Gasteiger charge is -2.09. The zero-order chi connectivity index (χ0) is 15.1. The molecule has 6 heteroatoms. The molecule has 6 nitrogen and oxygen atoms in total. The number of carbonyl (C=O) groups is 1. The van der Waals surface area contributed by atoms with Gasteiger partial charge >= 0.3 is 0 Å². The van der Waals surface area contributed by atoms with Gasteiger partial charge in [0.2, 0.25) is 0 Å². The Morgan fingerprint density at radius 1 is 1.43 bits per heavy atom. The molecule has 1 aromatic heterocycles. The van der Waals surface area contributed by atoms with E-state index in [-0.39, 0.29) is 11.7 Å². The molecular weight excluding hydrogens is 268 g/mol. The molecule has 0 aromatic carbocycles. The summed E-state index contributed by atoms with van der Waals surface area (Å²) in [5.74, 6) is 0.638. The first-order valence-electron chi connectivity index (χ1n) is 7.43. The molecule has 0 aliphatic heterocycles. The van der Waals surface area contributed by atoms with Crippen molar-refractivity contribution in [2.45, 2.75) is 38.5 Å². The second-order valence-electron chi connectivity index (χ2n) is 5.47. The van der Waals surface area contributed by atoms with Crippen molar-refractivity contribution >= 4 is 11.7 Å². The summed E-state index contributed by atoms with van der Waals surface area (Å²) in [5.41, 5.74) is 6.26. The molecule has 2 rings (SSSR count). The third kappa shape index (κ3) is 4.44. The van der Waals surface area contributed by atoms with E-state index < -0.39 is 0 Å². The molecule has 1 amide bonds. The van der Waals surface area contributed by atoms with Crippen LogP contribution in [0.5, 0.6) is 0 Å². The van der Waals surface area contributed by atoms with Crippen molar-refractivity contribution in [2.75, 3.05) is 6.54 Å². The third-order valence-corrected chi connectivity index (χ3v) is 3.95. The van der Waals surface area contributed by atoms with Gasteiger partial charge in [-0.2, -0.15) is 0 Å². The summed E-state index contributed by atoms with van der Waals surface area (Å²) in [7, 11) is 0. The summed E-state index contributed by atoms with van der Waals surface area (Å²) < 4.78 is 0. The lowest BCUT2D eigenvalue weighted by Crippen LogP contribution is -2.26. The number of hydrogen-bond acceptors (Lipinski definition) is 4. The van der Waals surface area contributed by atoms with Crippen molar-refractivity contribution in [3.05, 3.63) is 29.6 Å². The third-order valence-electron chi connectivity index (χ3n) is 3.95. The molecule has 0 radical (unpaired) electrons. The average Bonchev–Trinajstić information content (AvgIpc) is 3.04. The second-order valence-corrected chi connectivity index (χ2v) is 5.47. The number of carbonyl (C=O) groups excluding carboxylic acids is 1. The van der Waals surface area contributed by atoms with Crippen LogP contribution in [0.25, 0.3) is 0 Å². The van der Waals surface area contributed by atoms with E-state index in [1.54, 1.807) is 12.1 Å². The first kappa shape index (κ1) is 15.3. The van der Waals surface area contributed by atoms with Gasteiger partial charge in [0, 0.05) is 18.3 Å². The number of aromatic nitrogens is 1. The van der Waals surface area contributed by atoms with Gasteiger partial charge in [-0.15, -0.1) is 0 Å². The summed E-state index contributed by atoms with van der Waals surface area (Å²) in [6.07, 6.45) is 9.01. The number of amides is 1. The Hall–Kier alpha value is -2.11. The summed E-state index contributed by atoms with van der Waals surface area (Å²) in [6.45, 7) is 0.680. The summed E-state index contributed by atoms with van der Waals surface area (Å²) >= 11 is 0. The Morgan fingerprint density at radius 2 is 2.19 bits per heavy atom. The van der Waals surface area contributed by atoms with Crippen molar-refractivity contribution in [1.82, 2.24) is 10.3 Å². The molecule has 0 spiro atoms. The van der Waals surface area contributed by atoms with Crippen LogP contribution < -0.4 is 11.1 Å². The van der Waals surface area contributed by atoms with Crippen molar-refractivity contribution in [2.24, 2.45) is 16.8 Å². The number of rotatable bonds is 6. The van der Waals surface area contributed by atoms with E-state index in [2.05, 4.69) is 15.5 Å². The van der Waals surface area contributed by atoms with E-state index in [4.69, 9.17) is 10.9 Å². The zero-order valence-electron chi connectivity index (χ0n) is 12.1.